The number of halogens is 1. The number of ketones is 1. The number of alkyl halides is 1. The Labute approximate surface area is 118 Å². The molecule has 0 aliphatic heterocycles. The lowest BCUT2D eigenvalue weighted by atomic mass is 9.98. The SMILES string of the molecule is CCOC(=O)Cc1ccccc1CC(=O)CCCCl. The molecule has 0 aromatic heterocycles. The molecule has 0 radical (unpaired) electrons. The minimum Gasteiger partial charge on any atom is -0.466 e. The summed E-state index contributed by atoms with van der Waals surface area (Å²) in [7, 11) is 0. The van der Waals surface area contributed by atoms with Crippen molar-refractivity contribution in [3.05, 3.63) is 35.4 Å². The van der Waals surface area contributed by atoms with Crippen LogP contribution in [0.1, 0.15) is 30.9 Å². The van der Waals surface area contributed by atoms with Crippen molar-refractivity contribution in [1.82, 2.24) is 0 Å². The second kappa shape index (κ2) is 8.70. The number of hydrogen-bond acceptors (Lipinski definition) is 3. The zero-order valence-electron chi connectivity index (χ0n) is 11.2. The van der Waals surface area contributed by atoms with Crippen LogP contribution >= 0.6 is 11.6 Å². The van der Waals surface area contributed by atoms with Gasteiger partial charge in [-0.1, -0.05) is 24.3 Å². The van der Waals surface area contributed by atoms with Crippen molar-refractivity contribution in [2.75, 3.05) is 12.5 Å². The molecule has 19 heavy (non-hydrogen) atoms. The molecular formula is C15H19ClO3. The molecule has 0 heterocycles. The van der Waals surface area contributed by atoms with Crippen LogP contribution in [0.15, 0.2) is 24.3 Å². The Morgan fingerprint density at radius 2 is 1.79 bits per heavy atom. The van der Waals surface area contributed by atoms with Gasteiger partial charge in [0.2, 0.25) is 0 Å². The Morgan fingerprint density at radius 3 is 2.37 bits per heavy atom. The zero-order valence-corrected chi connectivity index (χ0v) is 11.9. The maximum Gasteiger partial charge on any atom is 0.310 e. The van der Waals surface area contributed by atoms with E-state index in [1.54, 1.807) is 6.92 Å². The second-order valence-electron chi connectivity index (χ2n) is 4.26. The van der Waals surface area contributed by atoms with Gasteiger partial charge in [-0.25, -0.2) is 0 Å². The monoisotopic (exact) mass is 282 g/mol. The Bertz CT molecular complexity index is 429. The Balaban J connectivity index is 2.67. The number of rotatable bonds is 8. The smallest absolute Gasteiger partial charge is 0.310 e. The van der Waals surface area contributed by atoms with Crippen molar-refractivity contribution in [1.29, 1.82) is 0 Å². The van der Waals surface area contributed by atoms with Gasteiger partial charge in [-0.3, -0.25) is 9.59 Å². The first-order valence-corrected chi connectivity index (χ1v) is 7.01. The van der Waals surface area contributed by atoms with Gasteiger partial charge in [-0.05, 0) is 24.5 Å². The molecule has 1 aromatic carbocycles. The van der Waals surface area contributed by atoms with Crippen LogP contribution in [0.2, 0.25) is 0 Å². The third-order valence-corrected chi connectivity index (χ3v) is 3.00. The fourth-order valence-electron chi connectivity index (χ4n) is 1.83. The van der Waals surface area contributed by atoms with Crippen molar-refractivity contribution in [3.8, 4) is 0 Å². The summed E-state index contributed by atoms with van der Waals surface area (Å²) >= 11 is 5.57. The summed E-state index contributed by atoms with van der Waals surface area (Å²) in [6, 6.07) is 7.48. The molecule has 0 fully saturated rings. The van der Waals surface area contributed by atoms with Crippen LogP contribution < -0.4 is 0 Å². The average Bonchev–Trinajstić information content (AvgIpc) is 2.39. The molecule has 0 amide bonds. The fourth-order valence-corrected chi connectivity index (χ4v) is 1.97. The van der Waals surface area contributed by atoms with Gasteiger partial charge in [0.15, 0.2) is 0 Å². The lowest BCUT2D eigenvalue weighted by Crippen LogP contribution is -2.11. The van der Waals surface area contributed by atoms with Gasteiger partial charge in [-0.15, -0.1) is 11.6 Å². The minimum absolute atomic E-state index is 0.150. The Morgan fingerprint density at radius 1 is 1.16 bits per heavy atom. The molecule has 0 atom stereocenters. The molecule has 0 unspecified atom stereocenters. The quantitative estimate of drug-likeness (QED) is 0.544. The highest BCUT2D eigenvalue weighted by molar-refractivity contribution is 6.17. The maximum atomic E-state index is 11.8. The molecule has 0 aliphatic rings. The molecular weight excluding hydrogens is 264 g/mol. The average molecular weight is 283 g/mol. The first kappa shape index (κ1) is 15.7. The van der Waals surface area contributed by atoms with E-state index < -0.39 is 0 Å². The van der Waals surface area contributed by atoms with Gasteiger partial charge >= 0.3 is 5.97 Å². The van der Waals surface area contributed by atoms with Crippen LogP contribution in [-0.2, 0) is 27.2 Å². The maximum absolute atomic E-state index is 11.8. The summed E-state index contributed by atoms with van der Waals surface area (Å²) in [5, 5.41) is 0. The third-order valence-electron chi connectivity index (χ3n) is 2.74. The first-order chi connectivity index (χ1) is 9.17. The molecule has 1 rings (SSSR count). The summed E-state index contributed by atoms with van der Waals surface area (Å²) in [4.78, 5) is 23.3. The van der Waals surface area contributed by atoms with E-state index in [4.69, 9.17) is 16.3 Å². The number of carbonyl (C=O) groups is 2. The summed E-state index contributed by atoms with van der Waals surface area (Å²) in [5.74, 6) is 0.385. The Kier molecular flexibility index (Phi) is 7.19. The van der Waals surface area contributed by atoms with Gasteiger partial charge in [0.05, 0.1) is 13.0 Å². The van der Waals surface area contributed by atoms with Crippen molar-refractivity contribution in [2.24, 2.45) is 0 Å². The summed E-state index contributed by atoms with van der Waals surface area (Å²) in [6.07, 6.45) is 1.75. The van der Waals surface area contributed by atoms with E-state index in [-0.39, 0.29) is 18.2 Å². The summed E-state index contributed by atoms with van der Waals surface area (Å²) in [6.45, 7) is 2.15. The van der Waals surface area contributed by atoms with Crippen molar-refractivity contribution < 1.29 is 14.3 Å². The van der Waals surface area contributed by atoms with E-state index in [0.29, 0.717) is 31.7 Å². The predicted octanol–water partition coefficient (Wildman–Crippen LogP) is 2.92. The lowest BCUT2D eigenvalue weighted by Gasteiger charge is -2.08. The topological polar surface area (TPSA) is 43.4 Å². The number of hydrogen-bond donors (Lipinski definition) is 0. The zero-order chi connectivity index (χ0) is 14.1. The molecule has 0 aliphatic carbocycles. The van der Waals surface area contributed by atoms with Gasteiger partial charge in [0.1, 0.15) is 5.78 Å². The summed E-state index contributed by atoms with van der Waals surface area (Å²) < 4.78 is 4.93. The molecule has 0 N–H and O–H groups in total. The van der Waals surface area contributed by atoms with Crippen LogP contribution in [0.5, 0.6) is 0 Å². The highest BCUT2D eigenvalue weighted by atomic mass is 35.5. The standard InChI is InChI=1S/C15H19ClO3/c1-2-19-15(18)11-13-7-4-3-6-12(13)10-14(17)8-5-9-16/h3-4,6-7H,2,5,8-11H2,1H3. The van der Waals surface area contributed by atoms with Crippen LogP contribution in [0, 0.1) is 0 Å². The number of benzene rings is 1. The molecule has 1 aromatic rings. The normalized spacial score (nSPS) is 10.2. The van der Waals surface area contributed by atoms with Crippen LogP contribution in [0.4, 0.5) is 0 Å². The molecule has 0 saturated heterocycles. The van der Waals surface area contributed by atoms with E-state index in [1.807, 2.05) is 24.3 Å². The molecule has 0 saturated carbocycles. The highest BCUT2D eigenvalue weighted by Gasteiger charge is 2.11. The fraction of sp³-hybridized carbons (Fsp3) is 0.467. The van der Waals surface area contributed by atoms with E-state index in [0.717, 1.165) is 11.1 Å². The van der Waals surface area contributed by atoms with E-state index >= 15 is 0 Å². The molecule has 104 valence electrons. The number of esters is 1. The predicted molar refractivity (Wildman–Crippen MR) is 75.4 cm³/mol. The number of ether oxygens (including phenoxy) is 1. The molecule has 0 spiro atoms. The van der Waals surface area contributed by atoms with Gasteiger partial charge in [-0.2, -0.15) is 0 Å². The summed E-state index contributed by atoms with van der Waals surface area (Å²) in [5.41, 5.74) is 1.76. The van der Waals surface area contributed by atoms with E-state index in [9.17, 15) is 9.59 Å². The molecule has 3 nitrogen and oxygen atoms in total. The number of Topliss-reactive ketones (excluding diaryl/α,β-unsaturated/α-hetero) is 1. The molecule has 0 bridgehead atoms. The third kappa shape index (κ3) is 5.88. The van der Waals surface area contributed by atoms with Crippen LogP contribution in [0.25, 0.3) is 0 Å². The van der Waals surface area contributed by atoms with Crippen molar-refractivity contribution in [3.63, 3.8) is 0 Å². The van der Waals surface area contributed by atoms with Crippen molar-refractivity contribution >= 4 is 23.4 Å². The Hall–Kier alpha value is -1.35. The van der Waals surface area contributed by atoms with E-state index in [2.05, 4.69) is 0 Å². The van der Waals surface area contributed by atoms with Crippen molar-refractivity contribution in [2.45, 2.75) is 32.6 Å². The van der Waals surface area contributed by atoms with E-state index in [1.165, 1.54) is 0 Å². The number of carbonyl (C=O) groups excluding carboxylic acids is 2. The first-order valence-electron chi connectivity index (χ1n) is 6.47. The largest absolute Gasteiger partial charge is 0.466 e. The lowest BCUT2D eigenvalue weighted by molar-refractivity contribution is -0.142. The van der Waals surface area contributed by atoms with Gasteiger partial charge in [0, 0.05) is 18.7 Å². The second-order valence-corrected chi connectivity index (χ2v) is 4.64. The van der Waals surface area contributed by atoms with Gasteiger partial charge in [0.25, 0.3) is 0 Å². The highest BCUT2D eigenvalue weighted by Crippen LogP contribution is 2.13. The minimum atomic E-state index is -0.261. The molecule has 4 heteroatoms. The van der Waals surface area contributed by atoms with Crippen LogP contribution in [-0.4, -0.2) is 24.2 Å². The van der Waals surface area contributed by atoms with Gasteiger partial charge < -0.3 is 4.74 Å². The van der Waals surface area contributed by atoms with Crippen LogP contribution in [0.3, 0.4) is 0 Å².